The molecular weight excluding hydrogens is 324 g/mol. The standard InChI is InChI=1S/C17H16N4O4/c1-11-17(21(23)24)12(2)20(19-11)9-15(22)25-10-14-6-3-5-13-7-4-8-18-16(13)14/h3-8H,9-10H2,1-2H3. The molecule has 8 heteroatoms. The molecule has 128 valence electrons. The van der Waals surface area contributed by atoms with Gasteiger partial charge < -0.3 is 4.74 Å². The number of nitro groups is 1. The second-order valence-corrected chi connectivity index (χ2v) is 5.59. The summed E-state index contributed by atoms with van der Waals surface area (Å²) in [5.41, 5.74) is 2.09. The third-order valence-electron chi connectivity index (χ3n) is 3.91. The normalized spacial score (nSPS) is 10.8. The highest BCUT2D eigenvalue weighted by Crippen LogP contribution is 2.22. The van der Waals surface area contributed by atoms with Crippen molar-refractivity contribution in [3.8, 4) is 0 Å². The summed E-state index contributed by atoms with van der Waals surface area (Å²) in [6.07, 6.45) is 1.68. The largest absolute Gasteiger partial charge is 0.459 e. The Morgan fingerprint density at radius 3 is 2.76 bits per heavy atom. The Bertz CT molecular complexity index is 959. The predicted molar refractivity (Wildman–Crippen MR) is 89.9 cm³/mol. The molecule has 0 radical (unpaired) electrons. The first-order valence-corrected chi connectivity index (χ1v) is 7.64. The van der Waals surface area contributed by atoms with Crippen molar-refractivity contribution < 1.29 is 14.5 Å². The number of rotatable bonds is 5. The van der Waals surface area contributed by atoms with Gasteiger partial charge in [0.05, 0.1) is 10.4 Å². The molecule has 0 fully saturated rings. The number of nitrogens with zero attached hydrogens (tertiary/aromatic N) is 4. The Morgan fingerprint density at radius 2 is 2.04 bits per heavy atom. The summed E-state index contributed by atoms with van der Waals surface area (Å²) in [6.45, 7) is 2.99. The zero-order valence-electron chi connectivity index (χ0n) is 13.8. The van der Waals surface area contributed by atoms with Crippen LogP contribution in [0.4, 0.5) is 5.69 Å². The number of hydrogen-bond donors (Lipinski definition) is 0. The molecule has 0 amide bonds. The van der Waals surface area contributed by atoms with Crippen molar-refractivity contribution in [2.24, 2.45) is 0 Å². The van der Waals surface area contributed by atoms with E-state index >= 15 is 0 Å². The third-order valence-corrected chi connectivity index (χ3v) is 3.91. The number of pyridine rings is 1. The molecule has 0 spiro atoms. The molecule has 0 N–H and O–H groups in total. The van der Waals surface area contributed by atoms with E-state index in [2.05, 4.69) is 10.1 Å². The van der Waals surface area contributed by atoms with Crippen molar-refractivity contribution in [2.45, 2.75) is 27.0 Å². The topological polar surface area (TPSA) is 100 Å². The number of esters is 1. The average Bonchev–Trinajstić information content (AvgIpc) is 2.86. The average molecular weight is 340 g/mol. The van der Waals surface area contributed by atoms with Gasteiger partial charge in [-0.3, -0.25) is 24.6 Å². The maximum atomic E-state index is 12.1. The van der Waals surface area contributed by atoms with Gasteiger partial charge in [0.25, 0.3) is 0 Å². The summed E-state index contributed by atoms with van der Waals surface area (Å²) in [6, 6.07) is 9.42. The Kier molecular flexibility index (Phi) is 4.42. The highest BCUT2D eigenvalue weighted by Gasteiger charge is 2.23. The van der Waals surface area contributed by atoms with Crippen LogP contribution in [0.25, 0.3) is 10.9 Å². The van der Waals surface area contributed by atoms with Crippen molar-refractivity contribution in [1.29, 1.82) is 0 Å². The highest BCUT2D eigenvalue weighted by molar-refractivity contribution is 5.81. The van der Waals surface area contributed by atoms with E-state index in [1.54, 1.807) is 13.1 Å². The van der Waals surface area contributed by atoms with Gasteiger partial charge in [0.15, 0.2) is 0 Å². The van der Waals surface area contributed by atoms with E-state index in [9.17, 15) is 14.9 Å². The van der Waals surface area contributed by atoms with Crippen LogP contribution < -0.4 is 0 Å². The smallest absolute Gasteiger partial charge is 0.328 e. The number of carbonyl (C=O) groups excluding carboxylic acids is 1. The monoisotopic (exact) mass is 340 g/mol. The molecule has 0 saturated heterocycles. The molecule has 3 rings (SSSR count). The SMILES string of the molecule is Cc1nn(CC(=O)OCc2cccc3cccnc23)c(C)c1[N+](=O)[O-]. The van der Waals surface area contributed by atoms with E-state index < -0.39 is 10.9 Å². The summed E-state index contributed by atoms with van der Waals surface area (Å²) in [7, 11) is 0. The van der Waals surface area contributed by atoms with Crippen molar-refractivity contribution >= 4 is 22.6 Å². The third kappa shape index (κ3) is 3.32. The minimum Gasteiger partial charge on any atom is -0.459 e. The van der Waals surface area contributed by atoms with Crippen LogP contribution in [-0.2, 0) is 22.7 Å². The first-order valence-electron chi connectivity index (χ1n) is 7.64. The molecule has 0 aliphatic rings. The number of aryl methyl sites for hydroxylation is 1. The van der Waals surface area contributed by atoms with Crippen molar-refractivity contribution in [1.82, 2.24) is 14.8 Å². The quantitative estimate of drug-likeness (QED) is 0.402. The van der Waals surface area contributed by atoms with Gasteiger partial charge in [0.2, 0.25) is 0 Å². The fourth-order valence-corrected chi connectivity index (χ4v) is 2.72. The van der Waals surface area contributed by atoms with Gasteiger partial charge in [-0.1, -0.05) is 24.3 Å². The fraction of sp³-hybridized carbons (Fsp3) is 0.235. The summed E-state index contributed by atoms with van der Waals surface area (Å²) < 4.78 is 6.58. The van der Waals surface area contributed by atoms with E-state index in [0.717, 1.165) is 16.5 Å². The molecule has 0 aliphatic heterocycles. The summed E-state index contributed by atoms with van der Waals surface area (Å²) in [5, 5.41) is 16.0. The molecule has 25 heavy (non-hydrogen) atoms. The van der Waals surface area contributed by atoms with E-state index in [4.69, 9.17) is 4.74 Å². The van der Waals surface area contributed by atoms with E-state index in [-0.39, 0.29) is 24.5 Å². The second kappa shape index (κ2) is 6.68. The Hall–Kier alpha value is -3.29. The van der Waals surface area contributed by atoms with E-state index in [1.165, 1.54) is 11.6 Å². The molecule has 0 unspecified atom stereocenters. The van der Waals surface area contributed by atoms with Gasteiger partial charge in [-0.05, 0) is 19.9 Å². The number of benzene rings is 1. The van der Waals surface area contributed by atoms with Gasteiger partial charge in [0.1, 0.15) is 24.5 Å². The summed E-state index contributed by atoms with van der Waals surface area (Å²) in [4.78, 5) is 26.9. The van der Waals surface area contributed by atoms with Crippen LogP contribution in [0, 0.1) is 24.0 Å². The van der Waals surface area contributed by atoms with Crippen LogP contribution in [0.2, 0.25) is 0 Å². The summed E-state index contributed by atoms with van der Waals surface area (Å²) >= 11 is 0. The Balaban J connectivity index is 1.71. The van der Waals surface area contributed by atoms with Gasteiger partial charge in [-0.15, -0.1) is 0 Å². The predicted octanol–water partition coefficient (Wildman–Crippen LogP) is 2.70. The molecule has 3 aromatic rings. The minimum atomic E-state index is -0.520. The van der Waals surface area contributed by atoms with Gasteiger partial charge in [-0.25, -0.2) is 0 Å². The maximum absolute atomic E-state index is 12.1. The number of fused-ring (bicyclic) bond motifs is 1. The van der Waals surface area contributed by atoms with Crippen molar-refractivity contribution in [3.05, 3.63) is 63.6 Å². The lowest BCUT2D eigenvalue weighted by Crippen LogP contribution is -2.16. The first kappa shape index (κ1) is 16.6. The van der Waals surface area contributed by atoms with Crippen molar-refractivity contribution in [2.75, 3.05) is 0 Å². The molecule has 8 nitrogen and oxygen atoms in total. The van der Waals surface area contributed by atoms with Crippen LogP contribution in [0.1, 0.15) is 17.0 Å². The lowest BCUT2D eigenvalue weighted by atomic mass is 10.1. The number of aromatic nitrogens is 3. The molecule has 0 aliphatic carbocycles. The maximum Gasteiger partial charge on any atom is 0.328 e. The van der Waals surface area contributed by atoms with Crippen molar-refractivity contribution in [3.63, 3.8) is 0 Å². The van der Waals surface area contributed by atoms with Crippen LogP contribution in [0.3, 0.4) is 0 Å². The minimum absolute atomic E-state index is 0.0777. The molecule has 0 atom stereocenters. The Morgan fingerprint density at radius 1 is 1.28 bits per heavy atom. The van der Waals surface area contributed by atoms with Gasteiger partial charge in [0, 0.05) is 17.1 Å². The van der Waals surface area contributed by atoms with Gasteiger partial charge in [-0.2, -0.15) is 5.10 Å². The first-order chi connectivity index (χ1) is 12.0. The number of hydrogen-bond acceptors (Lipinski definition) is 6. The molecule has 2 heterocycles. The zero-order valence-corrected chi connectivity index (χ0v) is 13.8. The highest BCUT2D eigenvalue weighted by atomic mass is 16.6. The fourth-order valence-electron chi connectivity index (χ4n) is 2.72. The molecular formula is C17H16N4O4. The number of para-hydroxylation sites is 1. The Labute approximate surface area is 143 Å². The molecule has 0 saturated carbocycles. The zero-order chi connectivity index (χ0) is 18.0. The van der Waals surface area contributed by atoms with Crippen LogP contribution in [0.15, 0.2) is 36.5 Å². The van der Waals surface area contributed by atoms with E-state index in [0.29, 0.717) is 5.69 Å². The van der Waals surface area contributed by atoms with E-state index in [1.807, 2.05) is 30.3 Å². The molecule has 0 bridgehead atoms. The van der Waals surface area contributed by atoms with Gasteiger partial charge >= 0.3 is 11.7 Å². The second-order valence-electron chi connectivity index (χ2n) is 5.59. The lowest BCUT2D eigenvalue weighted by molar-refractivity contribution is -0.386. The lowest BCUT2D eigenvalue weighted by Gasteiger charge is -2.08. The summed E-state index contributed by atoms with van der Waals surface area (Å²) in [5.74, 6) is -0.520. The molecule has 2 aromatic heterocycles. The van der Waals surface area contributed by atoms with Crippen LogP contribution in [0.5, 0.6) is 0 Å². The van der Waals surface area contributed by atoms with Crippen LogP contribution >= 0.6 is 0 Å². The van der Waals surface area contributed by atoms with Crippen LogP contribution in [-0.4, -0.2) is 25.7 Å². The molecule has 1 aromatic carbocycles. The number of ether oxygens (including phenoxy) is 1. The number of carbonyl (C=O) groups is 1.